The maximum atomic E-state index is 13.3. The van der Waals surface area contributed by atoms with Gasteiger partial charge in [0.25, 0.3) is 0 Å². The Hall–Kier alpha value is -0.393. The van der Waals surface area contributed by atoms with Crippen LogP contribution in [0.5, 0.6) is 0 Å². The van der Waals surface area contributed by atoms with Crippen LogP contribution in [0.15, 0.2) is 22.7 Å². The lowest BCUT2D eigenvalue weighted by molar-refractivity contribution is 0.301. The fourth-order valence-corrected chi connectivity index (χ4v) is 2.62. The third-order valence-electron chi connectivity index (χ3n) is 3.62. The van der Waals surface area contributed by atoms with Gasteiger partial charge in [-0.3, -0.25) is 0 Å². The Kier molecular flexibility index (Phi) is 5.59. The molecule has 0 bridgehead atoms. The molecule has 0 aliphatic heterocycles. The first-order chi connectivity index (χ1) is 8.63. The monoisotopic (exact) mass is 347 g/mol. The number of hydrogen-bond donors (Lipinski definition) is 1. The summed E-state index contributed by atoms with van der Waals surface area (Å²) >= 11 is 3.14. The number of hydrogen-bond acceptors (Lipinski definition) is 2. The maximum Gasteiger partial charge on any atom is 0.192 e. The van der Waals surface area contributed by atoms with Gasteiger partial charge < -0.3 is 9.74 Å². The van der Waals surface area contributed by atoms with E-state index in [0.717, 1.165) is 5.69 Å². The average Bonchev–Trinajstić information content (AvgIpc) is 2.27. The van der Waals surface area contributed by atoms with Crippen LogP contribution in [0.1, 0.15) is 20.8 Å². The minimum absolute atomic E-state index is 0.219. The van der Waals surface area contributed by atoms with Gasteiger partial charge in [-0.15, -0.1) is 0 Å². The van der Waals surface area contributed by atoms with Crippen molar-refractivity contribution in [2.75, 3.05) is 18.5 Å². The molecule has 0 heterocycles. The lowest BCUT2D eigenvalue weighted by atomic mass is 10.2. The molecule has 1 aromatic rings. The van der Waals surface area contributed by atoms with Crippen LogP contribution in [0.3, 0.4) is 0 Å². The number of benzene rings is 1. The summed E-state index contributed by atoms with van der Waals surface area (Å²) in [6.07, 6.45) is 0. The van der Waals surface area contributed by atoms with Crippen molar-refractivity contribution in [2.24, 2.45) is 0 Å². The molecule has 0 spiro atoms. The molecule has 0 unspecified atom stereocenters. The molecule has 108 valence electrons. The minimum Gasteiger partial charge on any atom is -0.415 e. The maximum absolute atomic E-state index is 13.3. The molecule has 2 nitrogen and oxygen atoms in total. The zero-order valence-electron chi connectivity index (χ0n) is 12.3. The van der Waals surface area contributed by atoms with Crippen LogP contribution in [0.4, 0.5) is 10.1 Å². The van der Waals surface area contributed by atoms with Crippen LogP contribution in [0.25, 0.3) is 0 Å². The standard InChI is InChI=1S/C14H23BrFNOSi/c1-14(2,3)19(4,5)18-9-8-17-11-6-7-12(15)13(16)10-11/h6-7,10,17H,8-9H2,1-5H3. The van der Waals surface area contributed by atoms with E-state index >= 15 is 0 Å². The van der Waals surface area contributed by atoms with Gasteiger partial charge in [0.15, 0.2) is 8.32 Å². The number of rotatable bonds is 5. The zero-order chi connectivity index (χ0) is 14.7. The summed E-state index contributed by atoms with van der Waals surface area (Å²) in [7, 11) is -1.68. The Balaban J connectivity index is 2.41. The molecule has 0 atom stereocenters. The highest BCUT2D eigenvalue weighted by Crippen LogP contribution is 2.36. The predicted octanol–water partition coefficient (Wildman–Crippen LogP) is 5.02. The summed E-state index contributed by atoms with van der Waals surface area (Å²) in [5.74, 6) is -0.254. The molecule has 0 radical (unpaired) electrons. The normalized spacial score (nSPS) is 12.6. The molecular formula is C14H23BrFNOSi. The Morgan fingerprint density at radius 3 is 2.47 bits per heavy atom. The molecule has 1 aromatic carbocycles. The highest BCUT2D eigenvalue weighted by Gasteiger charge is 2.36. The van der Waals surface area contributed by atoms with Gasteiger partial charge in [-0.05, 0) is 52.3 Å². The highest BCUT2D eigenvalue weighted by atomic mass is 79.9. The van der Waals surface area contributed by atoms with Crippen molar-refractivity contribution in [1.82, 2.24) is 0 Å². The van der Waals surface area contributed by atoms with Crippen molar-refractivity contribution in [3.63, 3.8) is 0 Å². The largest absolute Gasteiger partial charge is 0.415 e. The summed E-state index contributed by atoms with van der Waals surface area (Å²) in [5.41, 5.74) is 0.777. The minimum atomic E-state index is -1.68. The van der Waals surface area contributed by atoms with Crippen LogP contribution >= 0.6 is 15.9 Å². The first-order valence-electron chi connectivity index (χ1n) is 6.46. The van der Waals surface area contributed by atoms with E-state index in [9.17, 15) is 4.39 Å². The molecule has 0 saturated carbocycles. The third-order valence-corrected chi connectivity index (χ3v) is 8.80. The van der Waals surface area contributed by atoms with Crippen molar-refractivity contribution >= 4 is 29.9 Å². The Morgan fingerprint density at radius 1 is 1.32 bits per heavy atom. The summed E-state index contributed by atoms with van der Waals surface area (Å²) in [4.78, 5) is 0. The van der Waals surface area contributed by atoms with E-state index in [0.29, 0.717) is 17.6 Å². The number of halogens is 2. The van der Waals surface area contributed by atoms with Gasteiger partial charge in [0.1, 0.15) is 5.82 Å². The first-order valence-corrected chi connectivity index (χ1v) is 10.2. The van der Waals surface area contributed by atoms with E-state index < -0.39 is 8.32 Å². The third kappa shape index (κ3) is 4.89. The van der Waals surface area contributed by atoms with Crippen LogP contribution in [0, 0.1) is 5.82 Å². The number of nitrogens with one attached hydrogen (secondary N) is 1. The molecule has 0 aromatic heterocycles. The van der Waals surface area contributed by atoms with Gasteiger partial charge in [-0.25, -0.2) is 4.39 Å². The van der Waals surface area contributed by atoms with Crippen LogP contribution < -0.4 is 5.32 Å². The number of anilines is 1. The molecule has 1 N–H and O–H groups in total. The van der Waals surface area contributed by atoms with Gasteiger partial charge in [0, 0.05) is 12.2 Å². The van der Waals surface area contributed by atoms with Crippen molar-refractivity contribution in [1.29, 1.82) is 0 Å². The zero-order valence-corrected chi connectivity index (χ0v) is 14.9. The predicted molar refractivity (Wildman–Crippen MR) is 85.7 cm³/mol. The fraction of sp³-hybridized carbons (Fsp3) is 0.571. The summed E-state index contributed by atoms with van der Waals surface area (Å²) in [6, 6.07) is 5.03. The second-order valence-corrected chi connectivity index (χ2v) is 11.8. The van der Waals surface area contributed by atoms with Crippen LogP contribution in [-0.4, -0.2) is 21.5 Å². The first kappa shape index (κ1) is 16.7. The van der Waals surface area contributed by atoms with E-state index in [1.54, 1.807) is 6.07 Å². The Bertz CT molecular complexity index is 432. The van der Waals surface area contributed by atoms with Crippen molar-refractivity contribution < 1.29 is 8.82 Å². The average molecular weight is 348 g/mol. The van der Waals surface area contributed by atoms with Crippen LogP contribution in [-0.2, 0) is 4.43 Å². The molecule has 1 rings (SSSR count). The Morgan fingerprint density at radius 2 is 1.95 bits per heavy atom. The Labute approximate surface area is 125 Å². The lowest BCUT2D eigenvalue weighted by Crippen LogP contribution is -2.41. The molecule has 0 fully saturated rings. The molecule has 19 heavy (non-hydrogen) atoms. The molecule has 5 heteroatoms. The van der Waals surface area contributed by atoms with E-state index in [-0.39, 0.29) is 10.9 Å². The van der Waals surface area contributed by atoms with E-state index in [4.69, 9.17) is 4.43 Å². The van der Waals surface area contributed by atoms with Gasteiger partial charge in [0.05, 0.1) is 11.1 Å². The molecule has 0 saturated heterocycles. The van der Waals surface area contributed by atoms with Crippen molar-refractivity contribution in [2.45, 2.75) is 38.9 Å². The van der Waals surface area contributed by atoms with Crippen molar-refractivity contribution in [3.8, 4) is 0 Å². The molecule has 0 aliphatic carbocycles. The SMILES string of the molecule is CC(C)(C)[Si](C)(C)OCCNc1ccc(Br)c(F)c1. The summed E-state index contributed by atoms with van der Waals surface area (Å²) in [5, 5.41) is 3.39. The van der Waals surface area contributed by atoms with Crippen LogP contribution in [0.2, 0.25) is 18.1 Å². The van der Waals surface area contributed by atoms with Crippen molar-refractivity contribution in [3.05, 3.63) is 28.5 Å². The van der Waals surface area contributed by atoms with Gasteiger partial charge in [-0.2, -0.15) is 0 Å². The fourth-order valence-electron chi connectivity index (χ4n) is 1.32. The van der Waals surface area contributed by atoms with Gasteiger partial charge >= 0.3 is 0 Å². The van der Waals surface area contributed by atoms with E-state index in [1.807, 2.05) is 6.07 Å². The molecule has 0 aliphatic rings. The summed E-state index contributed by atoms with van der Waals surface area (Å²) in [6.45, 7) is 12.4. The molecular weight excluding hydrogens is 325 g/mol. The second-order valence-electron chi connectivity index (χ2n) is 6.16. The smallest absolute Gasteiger partial charge is 0.192 e. The topological polar surface area (TPSA) is 21.3 Å². The highest BCUT2D eigenvalue weighted by molar-refractivity contribution is 9.10. The molecule has 0 amide bonds. The van der Waals surface area contributed by atoms with E-state index in [1.165, 1.54) is 6.07 Å². The van der Waals surface area contributed by atoms with Gasteiger partial charge in [-0.1, -0.05) is 20.8 Å². The van der Waals surface area contributed by atoms with Gasteiger partial charge in [0.2, 0.25) is 0 Å². The quantitative estimate of drug-likeness (QED) is 0.596. The lowest BCUT2D eigenvalue weighted by Gasteiger charge is -2.36. The second kappa shape index (κ2) is 6.37. The van der Waals surface area contributed by atoms with E-state index in [2.05, 4.69) is 55.1 Å². The summed E-state index contributed by atoms with van der Waals surface area (Å²) < 4.78 is 19.8.